The van der Waals surface area contributed by atoms with Gasteiger partial charge in [-0.05, 0) is 24.1 Å². The molecule has 7 nitrogen and oxygen atoms in total. The van der Waals surface area contributed by atoms with Crippen LogP contribution >= 0.6 is 0 Å². The third-order valence-electron chi connectivity index (χ3n) is 5.31. The molecule has 1 fully saturated rings. The first-order valence-corrected chi connectivity index (χ1v) is 10.8. The zero-order chi connectivity index (χ0) is 22.1. The highest BCUT2D eigenvalue weighted by atomic mass is 16.2. The highest BCUT2D eigenvalue weighted by Crippen LogP contribution is 2.18. The molecule has 2 aromatic carbocycles. The largest absolute Gasteiger partial charge is 0.355 e. The van der Waals surface area contributed by atoms with Crippen LogP contribution in [0.15, 0.2) is 60.7 Å². The van der Waals surface area contributed by atoms with Gasteiger partial charge in [-0.1, -0.05) is 55.5 Å². The summed E-state index contributed by atoms with van der Waals surface area (Å²) in [5.74, 6) is -0.404. The standard InChI is InChI=1S/C24H30N4O3/c1-2-13-25-21(29)18-27-14-16-28(17-15-27)24(31)22(19-9-5-3-6-10-19)26-23(30)20-11-7-4-8-12-20/h3-12,22H,2,13-18H2,1H3,(H,25,29)(H,26,30). The summed E-state index contributed by atoms with van der Waals surface area (Å²) in [7, 11) is 0. The Morgan fingerprint density at radius 3 is 2.13 bits per heavy atom. The Labute approximate surface area is 183 Å². The Kier molecular flexibility index (Phi) is 8.18. The highest BCUT2D eigenvalue weighted by molar-refractivity contribution is 5.97. The van der Waals surface area contributed by atoms with Crippen molar-refractivity contribution in [2.24, 2.45) is 0 Å². The third-order valence-corrected chi connectivity index (χ3v) is 5.31. The lowest BCUT2D eigenvalue weighted by atomic mass is 10.0. The van der Waals surface area contributed by atoms with E-state index in [-0.39, 0.29) is 17.7 Å². The lowest BCUT2D eigenvalue weighted by Gasteiger charge is -2.36. The summed E-state index contributed by atoms with van der Waals surface area (Å²) >= 11 is 0. The Morgan fingerprint density at radius 1 is 0.903 bits per heavy atom. The topological polar surface area (TPSA) is 81.8 Å². The van der Waals surface area contributed by atoms with E-state index < -0.39 is 6.04 Å². The smallest absolute Gasteiger partial charge is 0.252 e. The maximum absolute atomic E-state index is 13.3. The lowest BCUT2D eigenvalue weighted by molar-refractivity contribution is -0.135. The maximum atomic E-state index is 13.3. The van der Waals surface area contributed by atoms with Gasteiger partial charge in [0.2, 0.25) is 11.8 Å². The van der Waals surface area contributed by atoms with Gasteiger partial charge in [0.25, 0.3) is 5.91 Å². The molecule has 2 aromatic rings. The summed E-state index contributed by atoms with van der Waals surface area (Å²) in [6, 6.07) is 17.4. The van der Waals surface area contributed by atoms with Crippen LogP contribution in [0.4, 0.5) is 0 Å². The van der Waals surface area contributed by atoms with Crippen molar-refractivity contribution >= 4 is 17.7 Å². The Balaban J connectivity index is 1.64. The van der Waals surface area contributed by atoms with Gasteiger partial charge in [0, 0.05) is 38.3 Å². The summed E-state index contributed by atoms with van der Waals surface area (Å²) in [6.07, 6.45) is 0.906. The quantitative estimate of drug-likeness (QED) is 0.680. The number of carbonyl (C=O) groups excluding carboxylic acids is 3. The van der Waals surface area contributed by atoms with E-state index in [1.165, 1.54) is 0 Å². The van der Waals surface area contributed by atoms with E-state index in [1.807, 2.05) is 43.3 Å². The van der Waals surface area contributed by atoms with Gasteiger partial charge in [0.1, 0.15) is 6.04 Å². The molecule has 3 amide bonds. The molecular formula is C24H30N4O3. The molecule has 7 heteroatoms. The average Bonchev–Trinajstić information content (AvgIpc) is 2.82. The monoisotopic (exact) mass is 422 g/mol. The van der Waals surface area contributed by atoms with Crippen molar-refractivity contribution in [1.29, 1.82) is 0 Å². The van der Waals surface area contributed by atoms with Gasteiger partial charge in [-0.15, -0.1) is 0 Å². The summed E-state index contributed by atoms with van der Waals surface area (Å²) in [5, 5.41) is 5.79. The number of nitrogens with zero attached hydrogens (tertiary/aromatic N) is 2. The SMILES string of the molecule is CCCNC(=O)CN1CCN(C(=O)C(NC(=O)c2ccccc2)c2ccccc2)CC1. The molecule has 1 aliphatic rings. The van der Waals surface area contributed by atoms with Crippen LogP contribution < -0.4 is 10.6 Å². The summed E-state index contributed by atoms with van der Waals surface area (Å²) in [6.45, 7) is 5.32. The van der Waals surface area contributed by atoms with E-state index in [0.717, 1.165) is 12.0 Å². The second kappa shape index (κ2) is 11.3. The summed E-state index contributed by atoms with van der Waals surface area (Å²) < 4.78 is 0. The first kappa shape index (κ1) is 22.5. The van der Waals surface area contributed by atoms with Crippen molar-refractivity contribution in [2.75, 3.05) is 39.3 Å². The van der Waals surface area contributed by atoms with Crippen molar-refractivity contribution in [3.63, 3.8) is 0 Å². The normalized spacial score (nSPS) is 15.2. The minimum Gasteiger partial charge on any atom is -0.355 e. The zero-order valence-corrected chi connectivity index (χ0v) is 17.9. The minimum atomic E-state index is -0.756. The van der Waals surface area contributed by atoms with Crippen LogP contribution in [0.5, 0.6) is 0 Å². The predicted octanol–water partition coefficient (Wildman–Crippen LogP) is 1.83. The Bertz CT molecular complexity index is 865. The number of amides is 3. The molecule has 31 heavy (non-hydrogen) atoms. The minimum absolute atomic E-state index is 0.0129. The highest BCUT2D eigenvalue weighted by Gasteiger charge is 2.30. The first-order chi connectivity index (χ1) is 15.1. The Morgan fingerprint density at radius 2 is 1.52 bits per heavy atom. The van der Waals surface area contributed by atoms with Crippen molar-refractivity contribution in [2.45, 2.75) is 19.4 Å². The molecule has 0 spiro atoms. The van der Waals surface area contributed by atoms with Crippen LogP contribution in [0.1, 0.15) is 35.3 Å². The molecule has 1 atom stereocenters. The number of benzene rings is 2. The molecule has 1 aliphatic heterocycles. The zero-order valence-electron chi connectivity index (χ0n) is 17.9. The van der Waals surface area contributed by atoms with Crippen LogP contribution in [-0.4, -0.2) is 66.8 Å². The molecule has 0 aromatic heterocycles. The maximum Gasteiger partial charge on any atom is 0.252 e. The molecule has 1 saturated heterocycles. The van der Waals surface area contributed by atoms with Crippen molar-refractivity contribution in [3.05, 3.63) is 71.8 Å². The van der Waals surface area contributed by atoms with Crippen LogP contribution in [-0.2, 0) is 9.59 Å². The number of nitrogens with one attached hydrogen (secondary N) is 2. The molecule has 3 rings (SSSR count). The molecule has 1 unspecified atom stereocenters. The van der Waals surface area contributed by atoms with Crippen LogP contribution in [0.3, 0.4) is 0 Å². The van der Waals surface area contributed by atoms with Gasteiger partial charge in [-0.25, -0.2) is 0 Å². The second-order valence-electron chi connectivity index (χ2n) is 7.63. The molecule has 164 valence electrons. The number of rotatable bonds is 8. The van der Waals surface area contributed by atoms with Gasteiger partial charge < -0.3 is 15.5 Å². The van der Waals surface area contributed by atoms with E-state index in [2.05, 4.69) is 15.5 Å². The van der Waals surface area contributed by atoms with Gasteiger partial charge in [0.15, 0.2) is 0 Å². The second-order valence-corrected chi connectivity index (χ2v) is 7.63. The first-order valence-electron chi connectivity index (χ1n) is 10.8. The third kappa shape index (κ3) is 6.39. The number of hydrogen-bond acceptors (Lipinski definition) is 4. The van der Waals surface area contributed by atoms with Crippen molar-refractivity contribution < 1.29 is 14.4 Å². The molecule has 2 N–H and O–H groups in total. The van der Waals surface area contributed by atoms with Gasteiger partial charge in [-0.2, -0.15) is 0 Å². The molecule has 0 aliphatic carbocycles. The number of carbonyl (C=O) groups is 3. The van der Waals surface area contributed by atoms with Crippen molar-refractivity contribution in [1.82, 2.24) is 20.4 Å². The van der Waals surface area contributed by atoms with E-state index in [9.17, 15) is 14.4 Å². The molecule has 0 bridgehead atoms. The fourth-order valence-corrected chi connectivity index (χ4v) is 3.57. The van der Waals surface area contributed by atoms with Crippen LogP contribution in [0.2, 0.25) is 0 Å². The number of piperazine rings is 1. The van der Waals surface area contributed by atoms with Crippen LogP contribution in [0, 0.1) is 0 Å². The van der Waals surface area contributed by atoms with E-state index in [1.54, 1.807) is 29.2 Å². The van der Waals surface area contributed by atoms with Gasteiger partial charge >= 0.3 is 0 Å². The van der Waals surface area contributed by atoms with Gasteiger partial charge in [-0.3, -0.25) is 19.3 Å². The summed E-state index contributed by atoms with van der Waals surface area (Å²) in [4.78, 5) is 41.9. The Hall–Kier alpha value is -3.19. The predicted molar refractivity (Wildman–Crippen MR) is 119 cm³/mol. The van der Waals surface area contributed by atoms with E-state index in [4.69, 9.17) is 0 Å². The van der Waals surface area contributed by atoms with Crippen molar-refractivity contribution in [3.8, 4) is 0 Å². The fraction of sp³-hybridized carbons (Fsp3) is 0.375. The number of hydrogen-bond donors (Lipinski definition) is 2. The van der Waals surface area contributed by atoms with E-state index >= 15 is 0 Å². The molecular weight excluding hydrogens is 392 g/mol. The summed E-state index contributed by atoms with van der Waals surface area (Å²) in [5.41, 5.74) is 1.26. The molecule has 0 saturated carbocycles. The lowest BCUT2D eigenvalue weighted by Crippen LogP contribution is -2.53. The van der Waals surface area contributed by atoms with E-state index in [0.29, 0.717) is 44.8 Å². The fourth-order valence-electron chi connectivity index (χ4n) is 3.57. The van der Waals surface area contributed by atoms with Crippen LogP contribution in [0.25, 0.3) is 0 Å². The molecule has 1 heterocycles. The average molecular weight is 423 g/mol. The van der Waals surface area contributed by atoms with Gasteiger partial charge in [0.05, 0.1) is 6.54 Å². The molecule has 0 radical (unpaired) electrons.